The molecule has 0 saturated heterocycles. The highest BCUT2D eigenvalue weighted by Crippen LogP contribution is 2.43. The van der Waals surface area contributed by atoms with E-state index in [1.54, 1.807) is 0 Å². The van der Waals surface area contributed by atoms with Crippen molar-refractivity contribution in [3.63, 3.8) is 0 Å². The lowest BCUT2D eigenvalue weighted by Crippen LogP contribution is -2.10. The lowest BCUT2D eigenvalue weighted by Gasteiger charge is -2.26. The Bertz CT molecular complexity index is 3110. The number of aromatic nitrogens is 1. The van der Waals surface area contributed by atoms with Gasteiger partial charge in [-0.15, -0.1) is 11.3 Å². The van der Waals surface area contributed by atoms with Crippen molar-refractivity contribution in [2.45, 2.75) is 0 Å². The fourth-order valence-corrected chi connectivity index (χ4v) is 8.99. The first-order chi connectivity index (χ1) is 24.8. The highest BCUT2D eigenvalue weighted by atomic mass is 32.1. The van der Waals surface area contributed by atoms with E-state index < -0.39 is 0 Å². The van der Waals surface area contributed by atoms with Crippen molar-refractivity contribution < 1.29 is 4.42 Å². The third-order valence-corrected chi connectivity index (χ3v) is 11.3. The summed E-state index contributed by atoms with van der Waals surface area (Å²) < 4.78 is 11.4. The normalized spacial score (nSPS) is 12.0. The molecule has 3 nitrogen and oxygen atoms in total. The fraction of sp³-hybridized carbons (Fsp3) is 0. The number of fused-ring (bicyclic) bond motifs is 10. The number of thiophene rings is 1. The molecule has 0 bridgehead atoms. The Balaban J connectivity index is 1.16. The van der Waals surface area contributed by atoms with Crippen LogP contribution in [0.3, 0.4) is 0 Å². The van der Waals surface area contributed by atoms with Crippen LogP contribution in [0.4, 0.5) is 17.1 Å². The molecule has 0 fully saturated rings. The Hall–Kier alpha value is -6.36. The SMILES string of the molecule is c1ccc(-n2c3ccccc3c3cc(N(c4ccc5cc6sc7ccccc7c6cc5c4)c4ccc5c(c4)oc4ccccc45)ccc32)cc1. The van der Waals surface area contributed by atoms with Crippen molar-refractivity contribution in [1.82, 2.24) is 4.57 Å². The summed E-state index contributed by atoms with van der Waals surface area (Å²) in [6, 6.07) is 61.4. The maximum Gasteiger partial charge on any atom is 0.137 e. The van der Waals surface area contributed by atoms with Gasteiger partial charge in [0.05, 0.1) is 11.0 Å². The summed E-state index contributed by atoms with van der Waals surface area (Å²) in [5, 5.41) is 9.77. The number of benzene rings is 8. The zero-order valence-corrected chi connectivity index (χ0v) is 27.7. The van der Waals surface area contributed by atoms with Crippen LogP contribution in [0.25, 0.3) is 80.4 Å². The molecule has 4 heteroatoms. The highest BCUT2D eigenvalue weighted by Gasteiger charge is 2.19. The summed E-state index contributed by atoms with van der Waals surface area (Å²) in [4.78, 5) is 2.37. The van der Waals surface area contributed by atoms with Gasteiger partial charge in [-0.05, 0) is 95.7 Å². The Morgan fingerprint density at radius 3 is 2.00 bits per heavy atom. The minimum absolute atomic E-state index is 0.877. The molecule has 0 aliphatic rings. The van der Waals surface area contributed by atoms with Gasteiger partial charge in [-0.25, -0.2) is 0 Å². The molecule has 11 rings (SSSR count). The van der Waals surface area contributed by atoms with Crippen LogP contribution in [0, 0.1) is 0 Å². The quantitative estimate of drug-likeness (QED) is 0.188. The summed E-state index contributed by atoms with van der Waals surface area (Å²) >= 11 is 1.86. The molecule has 3 heterocycles. The molecule has 0 N–H and O–H groups in total. The van der Waals surface area contributed by atoms with E-state index in [9.17, 15) is 0 Å². The molecular weight excluding hydrogens is 629 g/mol. The number of hydrogen-bond donors (Lipinski definition) is 0. The molecule has 11 aromatic rings. The molecular formula is C46H28N2OS. The molecule has 0 aliphatic heterocycles. The fourth-order valence-electron chi connectivity index (χ4n) is 7.85. The number of para-hydroxylation sites is 3. The maximum absolute atomic E-state index is 6.42. The van der Waals surface area contributed by atoms with E-state index in [2.05, 4.69) is 167 Å². The largest absolute Gasteiger partial charge is 0.456 e. The second kappa shape index (κ2) is 10.6. The van der Waals surface area contributed by atoms with Gasteiger partial charge in [0, 0.05) is 70.5 Å². The first-order valence-electron chi connectivity index (χ1n) is 16.9. The van der Waals surface area contributed by atoms with Crippen LogP contribution in [0.1, 0.15) is 0 Å². The number of nitrogens with zero attached hydrogens (tertiary/aromatic N) is 2. The van der Waals surface area contributed by atoms with Gasteiger partial charge in [0.15, 0.2) is 0 Å². The van der Waals surface area contributed by atoms with E-state index in [4.69, 9.17) is 4.42 Å². The minimum atomic E-state index is 0.877. The first-order valence-corrected chi connectivity index (χ1v) is 17.7. The van der Waals surface area contributed by atoms with Gasteiger partial charge in [0.2, 0.25) is 0 Å². The Morgan fingerprint density at radius 1 is 0.400 bits per heavy atom. The lowest BCUT2D eigenvalue weighted by molar-refractivity contribution is 0.669. The van der Waals surface area contributed by atoms with Crippen molar-refractivity contribution in [2.24, 2.45) is 0 Å². The van der Waals surface area contributed by atoms with Crippen LogP contribution in [-0.2, 0) is 0 Å². The van der Waals surface area contributed by atoms with Crippen LogP contribution in [-0.4, -0.2) is 4.57 Å². The van der Waals surface area contributed by atoms with Crippen molar-refractivity contribution in [3.8, 4) is 5.69 Å². The van der Waals surface area contributed by atoms with Gasteiger partial charge in [-0.1, -0.05) is 78.9 Å². The monoisotopic (exact) mass is 656 g/mol. The average Bonchev–Trinajstić information content (AvgIpc) is 3.83. The molecule has 0 spiro atoms. The van der Waals surface area contributed by atoms with Crippen LogP contribution in [0.2, 0.25) is 0 Å². The topological polar surface area (TPSA) is 21.3 Å². The Labute approximate surface area is 291 Å². The van der Waals surface area contributed by atoms with Gasteiger partial charge in [0.25, 0.3) is 0 Å². The van der Waals surface area contributed by atoms with Gasteiger partial charge in [-0.3, -0.25) is 0 Å². The molecule has 50 heavy (non-hydrogen) atoms. The standard InChI is InChI=1S/C46H28N2OS/c1-2-10-31(11-3-1)48-41-15-7-4-12-35(41)39-27-33(21-23-42(39)48)47(34-20-22-37-36-13-5-8-16-43(36)49-44(37)28-34)32-19-18-29-26-46-40(25-30(29)24-32)38-14-6-9-17-45(38)50-46/h1-28H. The van der Waals surface area contributed by atoms with Crippen molar-refractivity contribution in [3.05, 3.63) is 170 Å². The zero-order valence-electron chi connectivity index (χ0n) is 26.9. The van der Waals surface area contributed by atoms with E-state index in [1.807, 2.05) is 23.5 Å². The van der Waals surface area contributed by atoms with Gasteiger partial charge >= 0.3 is 0 Å². The number of furan rings is 1. The van der Waals surface area contributed by atoms with Crippen molar-refractivity contribution in [2.75, 3.05) is 4.90 Å². The smallest absolute Gasteiger partial charge is 0.137 e. The first kappa shape index (κ1) is 27.6. The molecule has 8 aromatic carbocycles. The molecule has 0 radical (unpaired) electrons. The second-order valence-electron chi connectivity index (χ2n) is 13.0. The van der Waals surface area contributed by atoms with Crippen molar-refractivity contribution >= 4 is 103 Å². The molecule has 0 unspecified atom stereocenters. The third-order valence-electron chi connectivity index (χ3n) is 10.1. The zero-order chi connectivity index (χ0) is 32.8. The van der Waals surface area contributed by atoms with E-state index in [0.29, 0.717) is 0 Å². The minimum Gasteiger partial charge on any atom is -0.456 e. The van der Waals surface area contributed by atoms with Crippen LogP contribution in [0.5, 0.6) is 0 Å². The van der Waals surface area contributed by atoms with E-state index in [0.717, 1.165) is 44.7 Å². The predicted molar refractivity (Wildman–Crippen MR) is 213 cm³/mol. The number of anilines is 3. The van der Waals surface area contributed by atoms with Gasteiger partial charge < -0.3 is 13.9 Å². The Kier molecular flexibility index (Phi) is 5.83. The van der Waals surface area contributed by atoms with E-state index in [1.165, 1.54) is 52.8 Å². The molecule has 0 atom stereocenters. The van der Waals surface area contributed by atoms with E-state index >= 15 is 0 Å². The summed E-state index contributed by atoms with van der Waals surface area (Å²) in [5.41, 5.74) is 8.53. The van der Waals surface area contributed by atoms with Crippen LogP contribution in [0.15, 0.2) is 174 Å². The summed E-state index contributed by atoms with van der Waals surface area (Å²) in [6.07, 6.45) is 0. The summed E-state index contributed by atoms with van der Waals surface area (Å²) in [5.74, 6) is 0. The summed E-state index contributed by atoms with van der Waals surface area (Å²) in [6.45, 7) is 0. The van der Waals surface area contributed by atoms with Crippen LogP contribution < -0.4 is 4.90 Å². The number of rotatable bonds is 4. The molecule has 234 valence electrons. The second-order valence-corrected chi connectivity index (χ2v) is 14.1. The van der Waals surface area contributed by atoms with Gasteiger partial charge in [-0.2, -0.15) is 0 Å². The maximum atomic E-state index is 6.42. The molecule has 0 amide bonds. The molecule has 0 aliphatic carbocycles. The molecule has 3 aromatic heterocycles. The predicted octanol–water partition coefficient (Wildman–Crippen LogP) is 13.7. The lowest BCUT2D eigenvalue weighted by atomic mass is 10.0. The molecule has 0 saturated carbocycles. The highest BCUT2D eigenvalue weighted by molar-refractivity contribution is 7.25. The summed E-state index contributed by atoms with van der Waals surface area (Å²) in [7, 11) is 0. The Morgan fingerprint density at radius 2 is 1.08 bits per heavy atom. The van der Waals surface area contributed by atoms with Crippen LogP contribution >= 0.6 is 11.3 Å². The average molecular weight is 657 g/mol. The van der Waals surface area contributed by atoms with E-state index in [-0.39, 0.29) is 0 Å². The third kappa shape index (κ3) is 4.09. The number of hydrogen-bond acceptors (Lipinski definition) is 3. The van der Waals surface area contributed by atoms with Gasteiger partial charge in [0.1, 0.15) is 11.2 Å². The van der Waals surface area contributed by atoms with Crippen molar-refractivity contribution in [1.29, 1.82) is 0 Å².